The van der Waals surface area contributed by atoms with Gasteiger partial charge in [-0.2, -0.15) is 0 Å². The molecule has 0 aliphatic carbocycles. The number of hydrogen-bond donors (Lipinski definition) is 0. The van der Waals surface area contributed by atoms with Gasteiger partial charge in [-0.1, -0.05) is 13.8 Å². The van der Waals surface area contributed by atoms with Crippen LogP contribution < -0.4 is 51.4 Å². The second kappa shape index (κ2) is 8.13. The summed E-state index contributed by atoms with van der Waals surface area (Å²) in [4.78, 5) is 20.0. The number of esters is 2. The van der Waals surface area contributed by atoms with Crippen molar-refractivity contribution in [3.05, 3.63) is 12.2 Å². The quantitative estimate of drug-likeness (QED) is 0.199. The third-order valence-corrected chi connectivity index (χ3v) is 0.761. The minimum absolute atomic E-state index is 0. The number of carbonyl (C=O) groups is 2. The Kier molecular flexibility index (Phi) is 10.2. The van der Waals surface area contributed by atoms with Crippen molar-refractivity contribution < 1.29 is 65.7 Å². The molecule has 0 spiro atoms. The predicted octanol–water partition coefficient (Wildman–Crippen LogP) is -1.76. The molecular formula is C8H11KO3. The van der Waals surface area contributed by atoms with Gasteiger partial charge in [0.2, 0.25) is 0 Å². The van der Waals surface area contributed by atoms with E-state index >= 15 is 0 Å². The van der Waals surface area contributed by atoms with Crippen LogP contribution in [0.15, 0.2) is 5.57 Å². The number of cyclic esters (lactones) is 2. The van der Waals surface area contributed by atoms with Crippen molar-refractivity contribution in [3.8, 4) is 0 Å². The summed E-state index contributed by atoms with van der Waals surface area (Å²) in [7, 11) is 0. The topological polar surface area (TPSA) is 43.4 Å². The van der Waals surface area contributed by atoms with Crippen molar-refractivity contribution in [1.29, 1.82) is 0 Å². The van der Waals surface area contributed by atoms with Crippen molar-refractivity contribution in [2.75, 3.05) is 0 Å². The van der Waals surface area contributed by atoms with E-state index < -0.39 is 11.9 Å². The molecule has 1 aliphatic rings. The standard InChI is InChI=1S/C4H4O3.C4H7.K/c5-3-1-2-4(6)7-3;1-4(2)3;/h1-2H2;1H,2-3H3;/q;-1;+1. The molecule has 0 amide bonds. The minimum Gasteiger partial charge on any atom is -0.515 e. The Labute approximate surface area is 115 Å². The molecule has 62 valence electrons. The van der Waals surface area contributed by atoms with Crippen LogP contribution in [0, 0.1) is 6.58 Å². The zero-order valence-corrected chi connectivity index (χ0v) is 10.8. The van der Waals surface area contributed by atoms with Gasteiger partial charge in [0.15, 0.2) is 0 Å². The van der Waals surface area contributed by atoms with Crippen LogP contribution >= 0.6 is 0 Å². The Morgan fingerprint density at radius 3 is 1.58 bits per heavy atom. The first-order valence-corrected chi connectivity index (χ1v) is 3.31. The molecule has 4 heteroatoms. The van der Waals surface area contributed by atoms with Gasteiger partial charge < -0.3 is 11.3 Å². The SMILES string of the molecule is O=C1CCC(=O)O1.[CH-]=C(C)C.[K+]. The monoisotopic (exact) mass is 194 g/mol. The van der Waals surface area contributed by atoms with Crippen LogP contribution in [0.3, 0.4) is 0 Å². The minimum atomic E-state index is -0.398. The van der Waals surface area contributed by atoms with Crippen LogP contribution in [0.25, 0.3) is 0 Å². The fraction of sp³-hybridized carbons (Fsp3) is 0.500. The van der Waals surface area contributed by atoms with Crippen molar-refractivity contribution in [2.45, 2.75) is 26.7 Å². The van der Waals surface area contributed by atoms with E-state index in [1.54, 1.807) is 0 Å². The zero-order chi connectivity index (χ0) is 8.85. The summed E-state index contributed by atoms with van der Waals surface area (Å²) in [5.41, 5.74) is 0.917. The van der Waals surface area contributed by atoms with Gasteiger partial charge in [0, 0.05) is 0 Å². The molecule has 1 saturated heterocycles. The number of carbonyl (C=O) groups excluding carboxylic acids is 2. The van der Waals surface area contributed by atoms with Crippen molar-refractivity contribution in [1.82, 2.24) is 0 Å². The molecule has 0 aromatic heterocycles. The molecule has 1 aliphatic heterocycles. The molecule has 0 N–H and O–H groups in total. The maximum absolute atomic E-state index is 10.0. The molecule has 0 unspecified atom stereocenters. The maximum atomic E-state index is 10.0. The summed E-state index contributed by atoms with van der Waals surface area (Å²) in [5.74, 6) is -0.796. The molecule has 0 atom stereocenters. The average Bonchev–Trinajstić information content (AvgIpc) is 2.13. The van der Waals surface area contributed by atoms with Gasteiger partial charge in [0.25, 0.3) is 0 Å². The Morgan fingerprint density at radius 2 is 1.50 bits per heavy atom. The van der Waals surface area contributed by atoms with Crippen molar-refractivity contribution in [2.24, 2.45) is 0 Å². The van der Waals surface area contributed by atoms with E-state index in [0.717, 1.165) is 5.57 Å². The zero-order valence-electron chi connectivity index (χ0n) is 7.72. The van der Waals surface area contributed by atoms with E-state index in [1.807, 2.05) is 13.8 Å². The molecule has 1 fully saturated rings. The average molecular weight is 194 g/mol. The maximum Gasteiger partial charge on any atom is 1.00 e. The summed E-state index contributed by atoms with van der Waals surface area (Å²) in [6.45, 7) is 8.75. The molecule has 1 heterocycles. The van der Waals surface area contributed by atoms with E-state index in [9.17, 15) is 9.59 Å². The molecule has 0 radical (unpaired) electrons. The fourth-order valence-corrected chi connectivity index (χ4v) is 0.433. The Balaban J connectivity index is 0. The molecule has 12 heavy (non-hydrogen) atoms. The Morgan fingerprint density at radius 1 is 1.25 bits per heavy atom. The van der Waals surface area contributed by atoms with E-state index in [4.69, 9.17) is 6.58 Å². The Bertz CT molecular complexity index is 169. The van der Waals surface area contributed by atoms with Crippen molar-refractivity contribution in [3.63, 3.8) is 0 Å². The van der Waals surface area contributed by atoms with Gasteiger partial charge in [0.1, 0.15) is 0 Å². The van der Waals surface area contributed by atoms with Crippen LogP contribution in [0.5, 0.6) is 0 Å². The fourth-order valence-electron chi connectivity index (χ4n) is 0.433. The molecule has 0 bridgehead atoms. The molecular weight excluding hydrogens is 183 g/mol. The van der Waals surface area contributed by atoms with Crippen LogP contribution in [0.4, 0.5) is 0 Å². The van der Waals surface area contributed by atoms with E-state index in [2.05, 4.69) is 4.74 Å². The summed E-state index contributed by atoms with van der Waals surface area (Å²) >= 11 is 0. The van der Waals surface area contributed by atoms with Crippen molar-refractivity contribution >= 4 is 11.9 Å². The smallest absolute Gasteiger partial charge is 0.515 e. The number of ether oxygens (including phenoxy) is 1. The van der Waals surface area contributed by atoms with Gasteiger partial charge in [-0.25, -0.2) is 0 Å². The molecule has 0 saturated carbocycles. The molecule has 3 nitrogen and oxygen atoms in total. The third-order valence-electron chi connectivity index (χ3n) is 0.761. The van der Waals surface area contributed by atoms with E-state index in [-0.39, 0.29) is 64.2 Å². The summed E-state index contributed by atoms with van der Waals surface area (Å²) in [6.07, 6.45) is 0.525. The second-order valence-electron chi connectivity index (χ2n) is 2.42. The summed E-state index contributed by atoms with van der Waals surface area (Å²) in [5, 5.41) is 0. The third kappa shape index (κ3) is 10.5. The first-order valence-electron chi connectivity index (χ1n) is 3.31. The number of hydrogen-bond acceptors (Lipinski definition) is 3. The van der Waals surface area contributed by atoms with Gasteiger partial charge >= 0.3 is 63.3 Å². The summed E-state index contributed by atoms with van der Waals surface area (Å²) < 4.78 is 4.08. The van der Waals surface area contributed by atoms with Crippen LogP contribution in [-0.4, -0.2) is 11.9 Å². The van der Waals surface area contributed by atoms with Gasteiger partial charge in [0.05, 0.1) is 12.8 Å². The molecule has 0 aromatic rings. The van der Waals surface area contributed by atoms with Crippen LogP contribution in [0.1, 0.15) is 26.7 Å². The van der Waals surface area contributed by atoms with Gasteiger partial charge in [-0.05, 0) is 0 Å². The first-order chi connectivity index (χ1) is 5.02. The molecule has 0 aromatic carbocycles. The molecule has 1 rings (SSSR count). The van der Waals surface area contributed by atoms with E-state index in [1.165, 1.54) is 0 Å². The number of allylic oxidation sites excluding steroid dienone is 1. The second-order valence-corrected chi connectivity index (χ2v) is 2.42. The normalized spacial score (nSPS) is 13.8. The number of rotatable bonds is 0. The van der Waals surface area contributed by atoms with E-state index in [0.29, 0.717) is 0 Å². The van der Waals surface area contributed by atoms with Crippen LogP contribution in [0.2, 0.25) is 0 Å². The first kappa shape index (κ1) is 15.0. The Hall–Kier alpha value is 0.516. The largest absolute Gasteiger partial charge is 1.00 e. The van der Waals surface area contributed by atoms with Gasteiger partial charge in [-0.15, -0.1) is 0 Å². The predicted molar refractivity (Wildman–Crippen MR) is 39.5 cm³/mol. The van der Waals surface area contributed by atoms with Gasteiger partial charge in [-0.3, -0.25) is 15.2 Å². The summed E-state index contributed by atoms with van der Waals surface area (Å²) in [6, 6.07) is 0. The van der Waals surface area contributed by atoms with Crippen LogP contribution in [-0.2, 0) is 14.3 Å².